The number of nitro groups is 1. The number of nitrogens with zero attached hydrogens (tertiary/aromatic N) is 1. The number of nitro benzene ring substituents is 1. The Morgan fingerprint density at radius 3 is 2.31 bits per heavy atom. The zero-order valence-corrected chi connectivity index (χ0v) is 21.1. The van der Waals surface area contributed by atoms with Crippen molar-refractivity contribution in [3.05, 3.63) is 66.6 Å². The van der Waals surface area contributed by atoms with Crippen molar-refractivity contribution in [2.75, 3.05) is 13.2 Å². The molecule has 0 unspecified atom stereocenters. The van der Waals surface area contributed by atoms with Crippen LogP contribution in [0.5, 0.6) is 5.75 Å². The lowest BCUT2D eigenvalue weighted by molar-refractivity contribution is -0.385. The molecule has 0 aliphatic rings. The topological polar surface area (TPSA) is 134 Å². The summed E-state index contributed by atoms with van der Waals surface area (Å²) in [6.07, 6.45) is -0.794. The Balaban J connectivity index is 1.99. The molecule has 0 saturated heterocycles. The lowest BCUT2D eigenvalue weighted by atomic mass is 10.1. The molecule has 1 N–H and O–H groups in total. The molecule has 188 valence electrons. The number of hydrogen-bond donors (Lipinski definition) is 1. The molecule has 35 heavy (non-hydrogen) atoms. The quantitative estimate of drug-likeness (QED) is 0.153. The van der Waals surface area contributed by atoms with E-state index in [-0.39, 0.29) is 50.7 Å². The highest BCUT2D eigenvalue weighted by atomic mass is 35.5. The first-order valence-electron chi connectivity index (χ1n) is 10.0. The Bertz CT molecular complexity index is 1150. The lowest BCUT2D eigenvalue weighted by Crippen LogP contribution is -2.36. The van der Waals surface area contributed by atoms with Crippen LogP contribution in [0.1, 0.15) is 36.7 Å². The van der Waals surface area contributed by atoms with Crippen LogP contribution >= 0.6 is 34.8 Å². The van der Waals surface area contributed by atoms with E-state index in [1.54, 1.807) is 20.8 Å². The summed E-state index contributed by atoms with van der Waals surface area (Å²) < 4.78 is 15.2. The third-order valence-corrected chi connectivity index (χ3v) is 5.12. The highest BCUT2D eigenvalue weighted by molar-refractivity contribution is 6.43. The molecule has 0 atom stereocenters. The van der Waals surface area contributed by atoms with Crippen molar-refractivity contribution in [2.24, 2.45) is 0 Å². The second-order valence-corrected chi connectivity index (χ2v) is 9.23. The smallest absolute Gasteiger partial charge is 0.408 e. The van der Waals surface area contributed by atoms with Crippen LogP contribution in [0.4, 0.5) is 10.5 Å². The number of ether oxygens (including phenoxy) is 3. The number of nitrogens with one attached hydrogen (secondary N) is 1. The van der Waals surface area contributed by atoms with E-state index < -0.39 is 35.1 Å². The number of halogens is 3. The van der Waals surface area contributed by atoms with Crippen molar-refractivity contribution < 1.29 is 33.5 Å². The van der Waals surface area contributed by atoms with Gasteiger partial charge in [-0.25, -0.2) is 9.59 Å². The van der Waals surface area contributed by atoms with Crippen LogP contribution in [-0.4, -0.2) is 41.7 Å². The van der Waals surface area contributed by atoms with Crippen molar-refractivity contribution in [2.45, 2.75) is 32.8 Å². The average molecular weight is 548 g/mol. The molecule has 13 heteroatoms. The first-order valence-corrected chi connectivity index (χ1v) is 11.2. The Morgan fingerprint density at radius 2 is 1.69 bits per heavy atom. The SMILES string of the molecule is CC(C)(C)OC(=O)NCC(=O)OCCc1ccc(C(=O)Oc2cc(Cl)c(Cl)cc2Cl)cc1[N+](=O)[O-]. The highest BCUT2D eigenvalue weighted by Gasteiger charge is 2.21. The molecule has 2 aromatic rings. The number of benzene rings is 2. The molecule has 2 rings (SSSR count). The maximum atomic E-state index is 12.5. The van der Waals surface area contributed by atoms with Crippen molar-refractivity contribution in [1.29, 1.82) is 0 Å². The predicted molar refractivity (Wildman–Crippen MR) is 128 cm³/mol. The fourth-order valence-corrected chi connectivity index (χ4v) is 3.17. The van der Waals surface area contributed by atoms with Gasteiger partial charge in [0.05, 0.1) is 32.2 Å². The summed E-state index contributed by atoms with van der Waals surface area (Å²) in [4.78, 5) is 46.7. The van der Waals surface area contributed by atoms with Crippen LogP contribution in [0.3, 0.4) is 0 Å². The Morgan fingerprint density at radius 1 is 1.03 bits per heavy atom. The van der Waals surface area contributed by atoms with Crippen molar-refractivity contribution in [1.82, 2.24) is 5.32 Å². The van der Waals surface area contributed by atoms with Crippen molar-refractivity contribution in [3.8, 4) is 5.75 Å². The van der Waals surface area contributed by atoms with E-state index in [1.165, 1.54) is 24.3 Å². The summed E-state index contributed by atoms with van der Waals surface area (Å²) in [7, 11) is 0. The van der Waals surface area contributed by atoms with E-state index in [2.05, 4.69) is 5.32 Å². The van der Waals surface area contributed by atoms with E-state index in [4.69, 9.17) is 49.0 Å². The summed E-state index contributed by atoms with van der Waals surface area (Å²) >= 11 is 17.7. The van der Waals surface area contributed by atoms with Crippen LogP contribution in [0.25, 0.3) is 0 Å². The fourth-order valence-electron chi connectivity index (χ4n) is 2.60. The van der Waals surface area contributed by atoms with E-state index in [0.29, 0.717) is 0 Å². The van der Waals surface area contributed by atoms with Crippen molar-refractivity contribution >= 4 is 58.5 Å². The molecule has 0 bridgehead atoms. The Kier molecular flexibility index (Phi) is 9.70. The predicted octanol–water partition coefficient (Wildman–Crippen LogP) is 5.38. The van der Waals surface area contributed by atoms with Gasteiger partial charge in [0.25, 0.3) is 5.69 Å². The van der Waals surface area contributed by atoms with Gasteiger partial charge in [0.1, 0.15) is 12.1 Å². The molecular weight excluding hydrogens is 527 g/mol. The van der Waals surface area contributed by atoms with Crippen LogP contribution in [-0.2, 0) is 20.7 Å². The number of amides is 1. The zero-order valence-electron chi connectivity index (χ0n) is 18.9. The minimum absolute atomic E-state index is 0.0115. The first-order chi connectivity index (χ1) is 16.3. The molecule has 0 aromatic heterocycles. The second-order valence-electron chi connectivity index (χ2n) is 8.01. The number of hydrogen-bond acceptors (Lipinski definition) is 8. The molecule has 1 amide bonds. The molecule has 2 aromatic carbocycles. The van der Waals surface area contributed by atoms with Gasteiger partial charge in [-0.15, -0.1) is 0 Å². The van der Waals surface area contributed by atoms with Gasteiger partial charge in [-0.1, -0.05) is 40.9 Å². The molecule has 0 spiro atoms. The number of carbonyl (C=O) groups excluding carboxylic acids is 3. The fraction of sp³-hybridized carbons (Fsp3) is 0.318. The third kappa shape index (κ3) is 8.89. The summed E-state index contributed by atoms with van der Waals surface area (Å²) in [5, 5.41) is 14.1. The molecule has 0 heterocycles. The molecule has 0 fully saturated rings. The van der Waals surface area contributed by atoms with E-state index in [0.717, 1.165) is 6.07 Å². The van der Waals surface area contributed by atoms with Gasteiger partial charge in [-0.3, -0.25) is 14.9 Å². The maximum Gasteiger partial charge on any atom is 0.408 e. The Hall–Kier alpha value is -3.08. The van der Waals surface area contributed by atoms with Crippen LogP contribution < -0.4 is 10.1 Å². The number of rotatable bonds is 8. The monoisotopic (exact) mass is 546 g/mol. The average Bonchev–Trinajstić information content (AvgIpc) is 2.74. The van der Waals surface area contributed by atoms with Gasteiger partial charge < -0.3 is 19.5 Å². The van der Waals surface area contributed by atoms with Gasteiger partial charge in [0.15, 0.2) is 5.75 Å². The van der Waals surface area contributed by atoms with Crippen LogP contribution in [0.2, 0.25) is 15.1 Å². The number of esters is 2. The minimum Gasteiger partial charge on any atom is -0.464 e. The summed E-state index contributed by atoms with van der Waals surface area (Å²) in [5.74, 6) is -1.72. The van der Waals surface area contributed by atoms with E-state index in [9.17, 15) is 24.5 Å². The van der Waals surface area contributed by atoms with Gasteiger partial charge in [-0.05, 0) is 32.9 Å². The molecule has 10 nitrogen and oxygen atoms in total. The standard InChI is InChI=1S/C22H21Cl3N2O8/c1-22(2,3)35-21(30)26-11-19(28)33-7-6-12-4-5-13(8-17(12)27(31)32)20(29)34-18-10-15(24)14(23)9-16(18)25/h4-5,8-10H,6-7,11H2,1-3H3,(H,26,30). The summed E-state index contributed by atoms with van der Waals surface area (Å²) in [5.41, 5.74) is -0.990. The van der Waals surface area contributed by atoms with Gasteiger partial charge in [0, 0.05) is 24.1 Å². The van der Waals surface area contributed by atoms with Crippen molar-refractivity contribution in [3.63, 3.8) is 0 Å². The zero-order chi connectivity index (χ0) is 26.3. The molecule has 0 aliphatic carbocycles. The van der Waals surface area contributed by atoms with Crippen LogP contribution in [0, 0.1) is 10.1 Å². The van der Waals surface area contributed by atoms with E-state index >= 15 is 0 Å². The normalized spacial score (nSPS) is 10.9. The largest absolute Gasteiger partial charge is 0.464 e. The second kappa shape index (κ2) is 12.1. The number of alkyl carbamates (subject to hydrolysis) is 1. The van der Waals surface area contributed by atoms with Gasteiger partial charge >= 0.3 is 18.0 Å². The molecule has 0 saturated carbocycles. The molecule has 0 aliphatic heterocycles. The lowest BCUT2D eigenvalue weighted by Gasteiger charge is -2.19. The summed E-state index contributed by atoms with van der Waals surface area (Å²) in [6.45, 7) is 4.39. The molecular formula is C22H21Cl3N2O8. The highest BCUT2D eigenvalue weighted by Crippen LogP contribution is 2.34. The molecule has 0 radical (unpaired) electrons. The Labute approximate surface area is 215 Å². The van der Waals surface area contributed by atoms with Crippen LogP contribution in [0.15, 0.2) is 30.3 Å². The first kappa shape index (κ1) is 28.2. The van der Waals surface area contributed by atoms with E-state index in [1.807, 2.05) is 0 Å². The summed E-state index contributed by atoms with van der Waals surface area (Å²) in [6, 6.07) is 6.25. The van der Waals surface area contributed by atoms with Gasteiger partial charge in [0.2, 0.25) is 0 Å². The van der Waals surface area contributed by atoms with Gasteiger partial charge in [-0.2, -0.15) is 0 Å². The third-order valence-electron chi connectivity index (χ3n) is 4.11. The maximum absolute atomic E-state index is 12.5. The minimum atomic E-state index is -0.903. The number of carbonyl (C=O) groups is 3.